The number of hydrogen-bond donors (Lipinski definition) is 2. The summed E-state index contributed by atoms with van der Waals surface area (Å²) < 4.78 is 0. The molecule has 1 atom stereocenters. The molecule has 58 valence electrons. The van der Waals surface area contributed by atoms with E-state index in [1.54, 1.807) is 0 Å². The molecule has 0 aromatic rings. The van der Waals surface area contributed by atoms with Crippen LogP contribution in [0.4, 0.5) is 0 Å². The van der Waals surface area contributed by atoms with E-state index in [2.05, 4.69) is 10.6 Å². The minimum Gasteiger partial charge on any atom is -0.356 e. The Kier molecular flexibility index (Phi) is 2.68. The van der Waals surface area contributed by atoms with E-state index in [0.717, 1.165) is 19.5 Å². The highest BCUT2D eigenvalue weighted by atomic mass is 16.1. The fourth-order valence-electron chi connectivity index (χ4n) is 1.25. The van der Waals surface area contributed by atoms with E-state index in [-0.39, 0.29) is 5.91 Å². The van der Waals surface area contributed by atoms with Gasteiger partial charge in [-0.05, 0) is 25.9 Å². The Morgan fingerprint density at radius 3 is 3.10 bits per heavy atom. The first-order valence-corrected chi connectivity index (χ1v) is 3.74. The Bertz CT molecular complexity index is 115. The summed E-state index contributed by atoms with van der Waals surface area (Å²) in [5.41, 5.74) is 0. The van der Waals surface area contributed by atoms with Gasteiger partial charge in [0.25, 0.3) is 0 Å². The highest BCUT2D eigenvalue weighted by Crippen LogP contribution is 2.08. The predicted molar refractivity (Wildman–Crippen MR) is 39.7 cm³/mol. The van der Waals surface area contributed by atoms with Crippen LogP contribution in [-0.2, 0) is 4.79 Å². The second kappa shape index (κ2) is 3.56. The first-order chi connectivity index (χ1) is 4.83. The Morgan fingerprint density at radius 1 is 1.80 bits per heavy atom. The van der Waals surface area contributed by atoms with Crippen molar-refractivity contribution in [1.29, 1.82) is 0 Å². The van der Waals surface area contributed by atoms with Gasteiger partial charge in [-0.3, -0.25) is 4.79 Å². The highest BCUT2D eigenvalue weighted by molar-refractivity contribution is 5.76. The molecule has 1 heterocycles. The molecule has 3 nitrogen and oxygen atoms in total. The maximum absolute atomic E-state index is 10.7. The van der Waals surface area contributed by atoms with Gasteiger partial charge < -0.3 is 10.6 Å². The van der Waals surface area contributed by atoms with Crippen molar-refractivity contribution in [3.8, 4) is 0 Å². The van der Waals surface area contributed by atoms with Gasteiger partial charge in [-0.15, -0.1) is 0 Å². The van der Waals surface area contributed by atoms with E-state index in [1.165, 1.54) is 0 Å². The predicted octanol–water partition coefficient (Wildman–Crippen LogP) is -0.268. The lowest BCUT2D eigenvalue weighted by atomic mass is 9.99. The van der Waals surface area contributed by atoms with Gasteiger partial charge in [-0.1, -0.05) is 0 Å². The molecule has 0 saturated carbocycles. The average Bonchev–Trinajstić information content (AvgIpc) is 1.95. The van der Waals surface area contributed by atoms with E-state index in [4.69, 9.17) is 0 Å². The van der Waals surface area contributed by atoms with E-state index >= 15 is 0 Å². The van der Waals surface area contributed by atoms with Gasteiger partial charge in [0, 0.05) is 13.0 Å². The lowest BCUT2D eigenvalue weighted by molar-refractivity contribution is -0.122. The first kappa shape index (κ1) is 7.54. The SMILES string of the molecule is CNCC1CCC(=O)NC1. The zero-order chi connectivity index (χ0) is 7.40. The number of amides is 1. The summed E-state index contributed by atoms with van der Waals surface area (Å²) in [4.78, 5) is 10.7. The van der Waals surface area contributed by atoms with Crippen molar-refractivity contribution in [2.75, 3.05) is 20.1 Å². The second-order valence-electron chi connectivity index (χ2n) is 2.77. The van der Waals surface area contributed by atoms with Crippen LogP contribution in [0.1, 0.15) is 12.8 Å². The Labute approximate surface area is 61.2 Å². The topological polar surface area (TPSA) is 41.1 Å². The molecule has 0 radical (unpaired) electrons. The summed E-state index contributed by atoms with van der Waals surface area (Å²) in [5.74, 6) is 0.843. The minimum absolute atomic E-state index is 0.201. The molecule has 1 aliphatic rings. The van der Waals surface area contributed by atoms with Crippen LogP contribution < -0.4 is 10.6 Å². The monoisotopic (exact) mass is 142 g/mol. The number of rotatable bonds is 2. The molecule has 2 N–H and O–H groups in total. The van der Waals surface area contributed by atoms with Crippen LogP contribution in [0.2, 0.25) is 0 Å². The fourth-order valence-corrected chi connectivity index (χ4v) is 1.25. The third kappa shape index (κ3) is 1.99. The third-order valence-electron chi connectivity index (χ3n) is 1.86. The molecular formula is C7H14N2O. The number of nitrogens with one attached hydrogen (secondary N) is 2. The highest BCUT2D eigenvalue weighted by Gasteiger charge is 2.16. The molecule has 1 fully saturated rings. The van der Waals surface area contributed by atoms with Crippen LogP contribution in [0, 0.1) is 5.92 Å². The first-order valence-electron chi connectivity index (χ1n) is 3.74. The average molecular weight is 142 g/mol. The van der Waals surface area contributed by atoms with Crippen molar-refractivity contribution < 1.29 is 4.79 Å². The summed E-state index contributed by atoms with van der Waals surface area (Å²) in [7, 11) is 1.94. The van der Waals surface area contributed by atoms with Gasteiger partial charge in [0.15, 0.2) is 0 Å². The smallest absolute Gasteiger partial charge is 0.220 e. The molecule has 1 unspecified atom stereocenters. The summed E-state index contributed by atoms with van der Waals surface area (Å²) in [5, 5.41) is 5.94. The number of carbonyl (C=O) groups is 1. The van der Waals surface area contributed by atoms with Crippen molar-refractivity contribution in [1.82, 2.24) is 10.6 Å². The molecule has 0 aliphatic carbocycles. The molecule has 0 bridgehead atoms. The number of piperidine rings is 1. The molecule has 3 heteroatoms. The van der Waals surface area contributed by atoms with Crippen molar-refractivity contribution in [2.24, 2.45) is 5.92 Å². The zero-order valence-electron chi connectivity index (χ0n) is 6.31. The lowest BCUT2D eigenvalue weighted by Crippen LogP contribution is -2.38. The van der Waals surface area contributed by atoms with E-state index in [9.17, 15) is 4.79 Å². The van der Waals surface area contributed by atoms with E-state index in [0.29, 0.717) is 12.3 Å². The Morgan fingerprint density at radius 2 is 2.60 bits per heavy atom. The van der Waals surface area contributed by atoms with Gasteiger partial charge in [0.2, 0.25) is 5.91 Å². The Balaban J connectivity index is 2.19. The molecule has 1 amide bonds. The molecular weight excluding hydrogens is 128 g/mol. The van der Waals surface area contributed by atoms with Crippen molar-refractivity contribution in [3.05, 3.63) is 0 Å². The van der Waals surface area contributed by atoms with Crippen LogP contribution in [0.25, 0.3) is 0 Å². The van der Waals surface area contributed by atoms with Gasteiger partial charge in [-0.2, -0.15) is 0 Å². The minimum atomic E-state index is 0.201. The molecule has 1 rings (SSSR count). The van der Waals surface area contributed by atoms with Gasteiger partial charge >= 0.3 is 0 Å². The van der Waals surface area contributed by atoms with Gasteiger partial charge in [0.1, 0.15) is 0 Å². The zero-order valence-corrected chi connectivity index (χ0v) is 6.31. The van der Waals surface area contributed by atoms with Crippen LogP contribution in [0.3, 0.4) is 0 Å². The van der Waals surface area contributed by atoms with Crippen molar-refractivity contribution in [3.63, 3.8) is 0 Å². The van der Waals surface area contributed by atoms with E-state index < -0.39 is 0 Å². The van der Waals surface area contributed by atoms with Crippen LogP contribution in [-0.4, -0.2) is 26.0 Å². The van der Waals surface area contributed by atoms with Crippen molar-refractivity contribution in [2.45, 2.75) is 12.8 Å². The normalized spacial score (nSPS) is 26.1. The maximum atomic E-state index is 10.7. The largest absolute Gasteiger partial charge is 0.356 e. The van der Waals surface area contributed by atoms with E-state index in [1.807, 2.05) is 7.05 Å². The molecule has 1 aliphatic heterocycles. The molecule has 1 saturated heterocycles. The standard InChI is InChI=1S/C7H14N2O/c1-8-4-6-2-3-7(10)9-5-6/h6,8H,2-5H2,1H3,(H,9,10). The van der Waals surface area contributed by atoms with Crippen LogP contribution >= 0.6 is 0 Å². The Hall–Kier alpha value is -0.570. The lowest BCUT2D eigenvalue weighted by Gasteiger charge is -2.21. The molecule has 10 heavy (non-hydrogen) atoms. The molecule has 0 aromatic carbocycles. The van der Waals surface area contributed by atoms with Crippen LogP contribution in [0.15, 0.2) is 0 Å². The fraction of sp³-hybridized carbons (Fsp3) is 0.857. The molecule has 0 aromatic heterocycles. The number of carbonyl (C=O) groups excluding carboxylic acids is 1. The third-order valence-corrected chi connectivity index (χ3v) is 1.86. The summed E-state index contributed by atoms with van der Waals surface area (Å²) in [6, 6.07) is 0. The molecule has 0 spiro atoms. The maximum Gasteiger partial charge on any atom is 0.220 e. The second-order valence-corrected chi connectivity index (χ2v) is 2.77. The van der Waals surface area contributed by atoms with Crippen molar-refractivity contribution >= 4 is 5.91 Å². The van der Waals surface area contributed by atoms with Gasteiger partial charge in [-0.25, -0.2) is 0 Å². The summed E-state index contributed by atoms with van der Waals surface area (Å²) in [6.45, 7) is 1.86. The van der Waals surface area contributed by atoms with Gasteiger partial charge in [0.05, 0.1) is 0 Å². The summed E-state index contributed by atoms with van der Waals surface area (Å²) in [6.07, 6.45) is 1.74. The summed E-state index contributed by atoms with van der Waals surface area (Å²) >= 11 is 0. The van der Waals surface area contributed by atoms with Crippen LogP contribution in [0.5, 0.6) is 0 Å². The number of hydrogen-bond acceptors (Lipinski definition) is 2. The quantitative estimate of drug-likeness (QED) is 0.557.